The molecule has 4 heteroatoms. The van der Waals surface area contributed by atoms with E-state index >= 15 is 0 Å². The van der Waals surface area contributed by atoms with Crippen LogP contribution in [0.2, 0.25) is 5.02 Å². The summed E-state index contributed by atoms with van der Waals surface area (Å²) in [5.41, 5.74) is 8.23. The molecule has 0 unspecified atom stereocenters. The van der Waals surface area contributed by atoms with Gasteiger partial charge in [0.25, 0.3) is 0 Å². The number of nitrogen functional groups attached to an aromatic ring is 1. The minimum atomic E-state index is -0.416. The molecule has 0 aliphatic rings. The van der Waals surface area contributed by atoms with E-state index in [0.717, 1.165) is 16.9 Å². The molecule has 0 saturated heterocycles. The zero-order chi connectivity index (χ0) is 12.3. The normalized spacial score (nSPS) is 10.2. The maximum atomic E-state index is 12.9. The fourth-order valence-electron chi connectivity index (χ4n) is 1.51. The highest BCUT2D eigenvalue weighted by molar-refractivity contribution is 6.31. The van der Waals surface area contributed by atoms with Crippen LogP contribution in [0.5, 0.6) is 0 Å². The van der Waals surface area contributed by atoms with E-state index in [0.29, 0.717) is 6.54 Å². The van der Waals surface area contributed by atoms with Crippen molar-refractivity contribution in [1.82, 2.24) is 0 Å². The predicted molar refractivity (Wildman–Crippen MR) is 69.6 cm³/mol. The zero-order valence-corrected chi connectivity index (χ0v) is 9.84. The summed E-state index contributed by atoms with van der Waals surface area (Å²) >= 11 is 5.69. The number of anilines is 2. The van der Waals surface area contributed by atoms with Crippen LogP contribution in [-0.4, -0.2) is 0 Å². The van der Waals surface area contributed by atoms with Crippen LogP contribution in [0, 0.1) is 5.82 Å². The molecule has 2 aromatic carbocycles. The third-order valence-corrected chi connectivity index (χ3v) is 2.66. The summed E-state index contributed by atoms with van der Waals surface area (Å²) in [6.07, 6.45) is 0. The molecule has 0 bridgehead atoms. The fourth-order valence-corrected chi connectivity index (χ4v) is 1.69. The maximum Gasteiger partial charge on any atom is 0.141 e. The Bertz CT molecular complexity index is 529. The molecule has 0 amide bonds. The van der Waals surface area contributed by atoms with Gasteiger partial charge >= 0.3 is 0 Å². The number of rotatable bonds is 3. The van der Waals surface area contributed by atoms with E-state index < -0.39 is 5.82 Å². The number of hydrogen-bond donors (Lipinski definition) is 2. The van der Waals surface area contributed by atoms with Crippen molar-refractivity contribution < 1.29 is 4.39 Å². The monoisotopic (exact) mass is 250 g/mol. The van der Waals surface area contributed by atoms with Crippen molar-refractivity contribution in [2.24, 2.45) is 0 Å². The first-order valence-corrected chi connectivity index (χ1v) is 5.56. The molecule has 0 atom stereocenters. The Morgan fingerprint density at radius 3 is 2.71 bits per heavy atom. The summed E-state index contributed by atoms with van der Waals surface area (Å²) in [6.45, 7) is 0.618. The van der Waals surface area contributed by atoms with Gasteiger partial charge in [-0.1, -0.05) is 23.7 Å². The Balaban J connectivity index is 2.05. The Hall–Kier alpha value is -1.74. The molecule has 0 aromatic heterocycles. The van der Waals surface area contributed by atoms with Crippen molar-refractivity contribution in [1.29, 1.82) is 0 Å². The summed E-state index contributed by atoms with van der Waals surface area (Å²) in [7, 11) is 0. The van der Waals surface area contributed by atoms with Crippen LogP contribution >= 0.6 is 11.6 Å². The van der Waals surface area contributed by atoms with E-state index in [4.69, 9.17) is 17.3 Å². The summed E-state index contributed by atoms with van der Waals surface area (Å²) in [5, 5.41) is 3.26. The third-order valence-electron chi connectivity index (χ3n) is 2.37. The number of benzene rings is 2. The predicted octanol–water partition coefficient (Wildman–Crippen LogP) is 3.67. The van der Waals surface area contributed by atoms with Gasteiger partial charge in [-0.25, -0.2) is 4.39 Å². The van der Waals surface area contributed by atoms with Crippen LogP contribution in [0.25, 0.3) is 0 Å². The minimum Gasteiger partial charge on any atom is -0.399 e. The van der Waals surface area contributed by atoms with Gasteiger partial charge in [0.2, 0.25) is 0 Å². The Morgan fingerprint density at radius 1 is 1.18 bits per heavy atom. The molecule has 0 heterocycles. The van der Waals surface area contributed by atoms with Gasteiger partial charge in [-0.15, -0.1) is 0 Å². The van der Waals surface area contributed by atoms with Crippen molar-refractivity contribution in [3.05, 3.63) is 58.9 Å². The number of hydrogen-bond acceptors (Lipinski definition) is 2. The van der Waals surface area contributed by atoms with Crippen LogP contribution in [0.15, 0.2) is 42.5 Å². The van der Waals surface area contributed by atoms with Crippen molar-refractivity contribution in [3.63, 3.8) is 0 Å². The SMILES string of the molecule is Nc1cccc(CNc2ccc(F)c(Cl)c2)c1. The molecular weight excluding hydrogens is 239 g/mol. The maximum absolute atomic E-state index is 12.9. The number of nitrogens with one attached hydrogen (secondary N) is 1. The van der Waals surface area contributed by atoms with Crippen LogP contribution in [-0.2, 0) is 6.54 Å². The second-order valence-corrected chi connectivity index (χ2v) is 4.13. The highest BCUT2D eigenvalue weighted by Crippen LogP contribution is 2.20. The lowest BCUT2D eigenvalue weighted by Crippen LogP contribution is -2.00. The van der Waals surface area contributed by atoms with E-state index in [9.17, 15) is 4.39 Å². The molecular formula is C13H12ClFN2. The van der Waals surface area contributed by atoms with Gasteiger partial charge in [-0.05, 0) is 35.9 Å². The Kier molecular flexibility index (Phi) is 3.49. The number of nitrogens with two attached hydrogens (primary N) is 1. The van der Waals surface area contributed by atoms with Crippen LogP contribution in [0.1, 0.15) is 5.56 Å². The lowest BCUT2D eigenvalue weighted by atomic mass is 10.2. The van der Waals surface area contributed by atoms with Gasteiger partial charge in [-0.3, -0.25) is 0 Å². The summed E-state index contributed by atoms with van der Waals surface area (Å²) in [4.78, 5) is 0. The molecule has 0 spiro atoms. The lowest BCUT2D eigenvalue weighted by Gasteiger charge is -2.07. The molecule has 0 aliphatic heterocycles. The first kappa shape index (κ1) is 11.7. The molecule has 2 aromatic rings. The van der Waals surface area contributed by atoms with Gasteiger partial charge in [-0.2, -0.15) is 0 Å². The van der Waals surface area contributed by atoms with Crippen molar-refractivity contribution in [2.45, 2.75) is 6.54 Å². The molecule has 3 N–H and O–H groups in total. The first-order chi connectivity index (χ1) is 8.15. The second kappa shape index (κ2) is 5.06. The van der Waals surface area contributed by atoms with Gasteiger partial charge < -0.3 is 11.1 Å². The highest BCUT2D eigenvalue weighted by Gasteiger charge is 2.00. The van der Waals surface area contributed by atoms with Crippen LogP contribution in [0.3, 0.4) is 0 Å². The molecule has 0 fully saturated rings. The van der Waals surface area contributed by atoms with Crippen molar-refractivity contribution in [3.8, 4) is 0 Å². The van der Waals surface area contributed by atoms with Gasteiger partial charge in [0, 0.05) is 17.9 Å². The van der Waals surface area contributed by atoms with Crippen molar-refractivity contribution >= 4 is 23.0 Å². The molecule has 17 heavy (non-hydrogen) atoms. The molecule has 0 radical (unpaired) electrons. The number of halogens is 2. The third kappa shape index (κ3) is 3.11. The zero-order valence-electron chi connectivity index (χ0n) is 9.08. The van der Waals surface area contributed by atoms with Crippen molar-refractivity contribution in [2.75, 3.05) is 11.1 Å². The quantitative estimate of drug-likeness (QED) is 0.816. The van der Waals surface area contributed by atoms with E-state index in [-0.39, 0.29) is 5.02 Å². The van der Waals surface area contributed by atoms with E-state index in [1.165, 1.54) is 6.07 Å². The largest absolute Gasteiger partial charge is 0.399 e. The standard InChI is InChI=1S/C13H12ClFN2/c14-12-7-11(4-5-13(12)15)17-8-9-2-1-3-10(16)6-9/h1-7,17H,8,16H2. The van der Waals surface area contributed by atoms with Gasteiger partial charge in [0.05, 0.1) is 5.02 Å². The second-order valence-electron chi connectivity index (χ2n) is 3.73. The van der Waals surface area contributed by atoms with E-state index in [1.54, 1.807) is 12.1 Å². The first-order valence-electron chi connectivity index (χ1n) is 5.18. The van der Waals surface area contributed by atoms with Crippen LogP contribution in [0.4, 0.5) is 15.8 Å². The molecule has 0 aliphatic carbocycles. The molecule has 88 valence electrons. The van der Waals surface area contributed by atoms with E-state index in [2.05, 4.69) is 5.32 Å². The average Bonchev–Trinajstić information content (AvgIpc) is 2.31. The molecule has 2 nitrogen and oxygen atoms in total. The van der Waals surface area contributed by atoms with E-state index in [1.807, 2.05) is 24.3 Å². The summed E-state index contributed by atoms with van der Waals surface area (Å²) in [5.74, 6) is -0.416. The molecule has 2 rings (SSSR count). The fraction of sp³-hybridized carbons (Fsp3) is 0.0769. The van der Waals surface area contributed by atoms with Gasteiger partial charge in [0.1, 0.15) is 5.82 Å². The summed E-state index contributed by atoms with van der Waals surface area (Å²) < 4.78 is 12.9. The topological polar surface area (TPSA) is 38.0 Å². The van der Waals surface area contributed by atoms with Crippen LogP contribution < -0.4 is 11.1 Å². The smallest absolute Gasteiger partial charge is 0.141 e. The lowest BCUT2D eigenvalue weighted by molar-refractivity contribution is 0.628. The summed E-state index contributed by atoms with van der Waals surface area (Å²) in [6, 6.07) is 12.1. The minimum absolute atomic E-state index is 0.113. The van der Waals surface area contributed by atoms with Gasteiger partial charge in [0.15, 0.2) is 0 Å². The Labute approximate surface area is 104 Å². The highest BCUT2D eigenvalue weighted by atomic mass is 35.5. The molecule has 0 saturated carbocycles. The Morgan fingerprint density at radius 2 is 2.00 bits per heavy atom. The average molecular weight is 251 g/mol.